The molecule has 1 saturated carbocycles. The highest BCUT2D eigenvalue weighted by Crippen LogP contribution is 2.33. The second-order valence-corrected chi connectivity index (χ2v) is 10.1. The first-order valence-corrected chi connectivity index (χ1v) is 13.4. The average molecular weight is 501 g/mol. The molecule has 1 aromatic carbocycles. The van der Waals surface area contributed by atoms with Crippen molar-refractivity contribution < 1.29 is 14.2 Å². The van der Waals surface area contributed by atoms with Gasteiger partial charge in [0, 0.05) is 49.2 Å². The average Bonchev–Trinajstić information content (AvgIpc) is 2.88. The van der Waals surface area contributed by atoms with Crippen molar-refractivity contribution in [3.05, 3.63) is 34.1 Å². The van der Waals surface area contributed by atoms with E-state index < -0.39 is 0 Å². The molecule has 3 heterocycles. The number of rotatable bonds is 7. The Morgan fingerprint density at radius 1 is 1.06 bits per heavy atom. The molecule has 0 spiro atoms. The van der Waals surface area contributed by atoms with Crippen molar-refractivity contribution >= 4 is 28.2 Å². The summed E-state index contributed by atoms with van der Waals surface area (Å²) >= 11 is 5.88. The molecule has 1 aliphatic carbocycles. The fraction of sp³-hybridized carbons (Fsp3) is 0.615. The number of thiocarbonyl (C=S) groups is 1. The van der Waals surface area contributed by atoms with Crippen LogP contribution in [0, 0.1) is 0 Å². The molecule has 2 aromatic rings. The maximum Gasteiger partial charge on any atom is 0.253 e. The fourth-order valence-corrected chi connectivity index (χ4v) is 5.51. The molecule has 2 aliphatic heterocycles. The van der Waals surface area contributed by atoms with Gasteiger partial charge in [-0.05, 0) is 43.6 Å². The van der Waals surface area contributed by atoms with Crippen molar-refractivity contribution in [3.63, 3.8) is 0 Å². The predicted octanol–water partition coefficient (Wildman–Crippen LogP) is 3.03. The van der Waals surface area contributed by atoms with Crippen LogP contribution in [0.25, 0.3) is 10.9 Å². The Morgan fingerprint density at radius 3 is 2.57 bits per heavy atom. The van der Waals surface area contributed by atoms with Gasteiger partial charge in [0.1, 0.15) is 13.2 Å². The molecule has 2 N–H and O–H groups in total. The van der Waals surface area contributed by atoms with Gasteiger partial charge < -0.3 is 29.4 Å². The molecule has 3 aliphatic rings. The first-order valence-electron chi connectivity index (χ1n) is 13.0. The smallest absolute Gasteiger partial charge is 0.253 e. The number of aromatic amines is 1. The van der Waals surface area contributed by atoms with E-state index in [4.69, 9.17) is 26.4 Å². The van der Waals surface area contributed by atoms with Crippen molar-refractivity contribution in [2.45, 2.75) is 51.1 Å². The van der Waals surface area contributed by atoms with Gasteiger partial charge in [-0.15, -0.1) is 0 Å². The minimum atomic E-state index is -0.0900. The number of pyridine rings is 1. The zero-order chi connectivity index (χ0) is 24.0. The van der Waals surface area contributed by atoms with Crippen LogP contribution in [0.3, 0.4) is 0 Å². The number of aromatic nitrogens is 1. The third-order valence-corrected chi connectivity index (χ3v) is 7.55. The maximum atomic E-state index is 13.0. The molecule has 5 rings (SSSR count). The highest BCUT2D eigenvalue weighted by Gasteiger charge is 2.20. The predicted molar refractivity (Wildman–Crippen MR) is 140 cm³/mol. The monoisotopic (exact) mass is 500 g/mol. The lowest BCUT2D eigenvalue weighted by atomic mass is 9.96. The molecular formula is C26H36N4O4S. The summed E-state index contributed by atoms with van der Waals surface area (Å²) in [6.07, 6.45) is 7.10. The van der Waals surface area contributed by atoms with E-state index in [1.54, 1.807) is 0 Å². The van der Waals surface area contributed by atoms with Gasteiger partial charge in [-0.3, -0.25) is 9.69 Å². The van der Waals surface area contributed by atoms with E-state index in [0.717, 1.165) is 80.4 Å². The summed E-state index contributed by atoms with van der Waals surface area (Å²) in [5, 5.41) is 5.28. The first-order chi connectivity index (χ1) is 17.2. The third kappa shape index (κ3) is 6.26. The van der Waals surface area contributed by atoms with Gasteiger partial charge >= 0.3 is 0 Å². The van der Waals surface area contributed by atoms with Gasteiger partial charge in [0.15, 0.2) is 16.6 Å². The van der Waals surface area contributed by atoms with E-state index in [1.165, 1.54) is 19.3 Å². The topological polar surface area (TPSA) is 79.1 Å². The van der Waals surface area contributed by atoms with Crippen LogP contribution >= 0.6 is 12.2 Å². The minimum absolute atomic E-state index is 0.0900. The Hall–Kier alpha value is -2.36. The standard InChI is InChI=1S/C26H36N4O4S/c31-25-20(15-19-16-23-24(17-22(19)28-25)34-14-13-33-23)18-30(8-4-7-29-9-11-32-12-10-29)26(35)27-21-5-2-1-3-6-21/h15-17,21H,1-14,18H2,(H,27,35)(H,28,31). The Kier molecular flexibility index (Phi) is 8.06. The van der Waals surface area contributed by atoms with Crippen LogP contribution < -0.4 is 20.3 Å². The molecule has 0 unspecified atom stereocenters. The van der Waals surface area contributed by atoms with Gasteiger partial charge in [-0.2, -0.15) is 0 Å². The summed E-state index contributed by atoms with van der Waals surface area (Å²) in [5.74, 6) is 1.40. The zero-order valence-electron chi connectivity index (χ0n) is 20.4. The summed E-state index contributed by atoms with van der Waals surface area (Å²) in [6, 6.07) is 6.19. The van der Waals surface area contributed by atoms with Crippen LogP contribution in [0.5, 0.6) is 11.5 Å². The molecular weight excluding hydrogens is 464 g/mol. The number of fused-ring (bicyclic) bond motifs is 2. The van der Waals surface area contributed by atoms with Crippen LogP contribution in [0.15, 0.2) is 23.0 Å². The normalized spacial score (nSPS) is 19.0. The van der Waals surface area contributed by atoms with Crippen molar-refractivity contribution in [2.24, 2.45) is 0 Å². The summed E-state index contributed by atoms with van der Waals surface area (Å²) < 4.78 is 16.9. The molecule has 0 amide bonds. The molecule has 1 aromatic heterocycles. The summed E-state index contributed by atoms with van der Waals surface area (Å²) in [7, 11) is 0. The molecule has 2 fully saturated rings. The summed E-state index contributed by atoms with van der Waals surface area (Å²) in [6.45, 7) is 6.89. The third-order valence-electron chi connectivity index (χ3n) is 7.17. The number of morpholine rings is 1. The SMILES string of the molecule is O=c1[nH]c2cc3c(cc2cc1CN(CCCN1CCOCC1)C(=S)NC1CCCCC1)OCCO3. The van der Waals surface area contributed by atoms with E-state index in [-0.39, 0.29) is 5.56 Å². The van der Waals surface area contributed by atoms with Gasteiger partial charge in [0.25, 0.3) is 5.56 Å². The van der Waals surface area contributed by atoms with Crippen LogP contribution in [-0.4, -0.2) is 78.5 Å². The molecule has 35 heavy (non-hydrogen) atoms. The number of benzene rings is 1. The quantitative estimate of drug-likeness (QED) is 0.562. The minimum Gasteiger partial charge on any atom is -0.486 e. The Balaban J connectivity index is 1.32. The second-order valence-electron chi connectivity index (χ2n) is 9.72. The maximum absolute atomic E-state index is 13.0. The van der Waals surface area contributed by atoms with E-state index >= 15 is 0 Å². The highest BCUT2D eigenvalue weighted by molar-refractivity contribution is 7.80. The Bertz CT molecular complexity index is 1080. The summed E-state index contributed by atoms with van der Waals surface area (Å²) in [5.41, 5.74) is 1.37. The number of hydrogen-bond acceptors (Lipinski definition) is 6. The van der Waals surface area contributed by atoms with Crippen LogP contribution in [0.1, 0.15) is 44.1 Å². The van der Waals surface area contributed by atoms with Crippen LogP contribution in [0.4, 0.5) is 0 Å². The van der Waals surface area contributed by atoms with Gasteiger partial charge in [-0.1, -0.05) is 19.3 Å². The number of H-pyrrole nitrogens is 1. The number of hydrogen-bond donors (Lipinski definition) is 2. The molecule has 0 radical (unpaired) electrons. The second kappa shape index (κ2) is 11.6. The van der Waals surface area contributed by atoms with E-state index in [1.807, 2.05) is 18.2 Å². The Labute approximate surface area is 211 Å². The molecule has 190 valence electrons. The molecule has 9 heteroatoms. The lowest BCUT2D eigenvalue weighted by Crippen LogP contribution is -2.46. The van der Waals surface area contributed by atoms with Crippen molar-refractivity contribution in [3.8, 4) is 11.5 Å². The number of ether oxygens (including phenoxy) is 3. The zero-order valence-corrected chi connectivity index (χ0v) is 21.2. The largest absolute Gasteiger partial charge is 0.486 e. The lowest BCUT2D eigenvalue weighted by molar-refractivity contribution is 0.0367. The highest BCUT2D eigenvalue weighted by atomic mass is 32.1. The van der Waals surface area contributed by atoms with E-state index in [2.05, 4.69) is 20.1 Å². The molecule has 0 atom stereocenters. The molecule has 1 saturated heterocycles. The summed E-state index contributed by atoms with van der Waals surface area (Å²) in [4.78, 5) is 20.7. The number of nitrogens with zero attached hydrogens (tertiary/aromatic N) is 2. The Morgan fingerprint density at radius 2 is 1.80 bits per heavy atom. The van der Waals surface area contributed by atoms with Crippen LogP contribution in [0.2, 0.25) is 0 Å². The lowest BCUT2D eigenvalue weighted by Gasteiger charge is -2.32. The van der Waals surface area contributed by atoms with Gasteiger partial charge in [0.05, 0.1) is 25.3 Å². The van der Waals surface area contributed by atoms with Crippen molar-refractivity contribution in [2.75, 3.05) is 52.6 Å². The van der Waals surface area contributed by atoms with E-state index in [9.17, 15) is 4.79 Å². The fourth-order valence-electron chi connectivity index (χ4n) is 5.19. The molecule has 8 nitrogen and oxygen atoms in total. The van der Waals surface area contributed by atoms with Crippen LogP contribution in [-0.2, 0) is 11.3 Å². The van der Waals surface area contributed by atoms with Gasteiger partial charge in [-0.25, -0.2) is 0 Å². The van der Waals surface area contributed by atoms with Crippen molar-refractivity contribution in [1.82, 2.24) is 20.1 Å². The van der Waals surface area contributed by atoms with Crippen molar-refractivity contribution in [1.29, 1.82) is 0 Å². The van der Waals surface area contributed by atoms with E-state index in [0.29, 0.717) is 37.1 Å². The van der Waals surface area contributed by atoms with Gasteiger partial charge in [0.2, 0.25) is 0 Å². The molecule has 0 bridgehead atoms. The number of nitrogens with one attached hydrogen (secondary N) is 2. The first kappa shape index (κ1) is 24.3.